The van der Waals surface area contributed by atoms with Crippen LogP contribution in [0.1, 0.15) is 27.5 Å². The largest absolute Gasteiger partial charge is 0.467 e. The minimum atomic E-state index is -0.390. The second-order valence-corrected chi connectivity index (χ2v) is 3.81. The van der Waals surface area contributed by atoms with Crippen molar-refractivity contribution < 1.29 is 9.21 Å². The Hall–Kier alpha value is -1.97. The number of carbonyl (C=O) groups excluding carboxylic acids is 1. The van der Waals surface area contributed by atoms with Crippen molar-refractivity contribution in [1.29, 1.82) is 0 Å². The number of aromatic nitrogens is 1. The summed E-state index contributed by atoms with van der Waals surface area (Å²) < 4.78 is 7.29. The van der Waals surface area contributed by atoms with Crippen molar-refractivity contribution in [3.63, 3.8) is 0 Å². The van der Waals surface area contributed by atoms with Crippen LogP contribution in [0, 0.1) is 13.8 Å². The molecule has 0 radical (unpaired) electrons. The van der Waals surface area contributed by atoms with E-state index in [2.05, 4.69) is 0 Å². The van der Waals surface area contributed by atoms with E-state index in [0.717, 1.165) is 17.1 Å². The van der Waals surface area contributed by atoms with Crippen molar-refractivity contribution in [3.8, 4) is 0 Å². The molecule has 0 aliphatic heterocycles. The fraction of sp³-hybridized carbons (Fsp3) is 0.250. The zero-order chi connectivity index (χ0) is 11.7. The maximum absolute atomic E-state index is 11.2. The highest BCUT2D eigenvalue weighted by Crippen LogP contribution is 2.16. The summed E-state index contributed by atoms with van der Waals surface area (Å²) in [5, 5.41) is 0. The lowest BCUT2D eigenvalue weighted by atomic mass is 10.2. The molecule has 0 aliphatic carbocycles. The fourth-order valence-corrected chi connectivity index (χ4v) is 1.85. The Labute approximate surface area is 93.7 Å². The second kappa shape index (κ2) is 3.89. The highest BCUT2D eigenvalue weighted by Gasteiger charge is 2.13. The van der Waals surface area contributed by atoms with Crippen LogP contribution in [0.15, 0.2) is 28.9 Å². The van der Waals surface area contributed by atoms with Crippen LogP contribution in [0.5, 0.6) is 0 Å². The van der Waals surface area contributed by atoms with Crippen LogP contribution >= 0.6 is 0 Å². The fourth-order valence-electron chi connectivity index (χ4n) is 1.85. The molecule has 0 atom stereocenters. The average Bonchev–Trinajstić information content (AvgIpc) is 2.81. The molecule has 0 bridgehead atoms. The smallest absolute Gasteiger partial charge is 0.250 e. The summed E-state index contributed by atoms with van der Waals surface area (Å²) in [6, 6.07) is 5.56. The molecule has 2 N–H and O–H groups in total. The van der Waals surface area contributed by atoms with E-state index < -0.39 is 5.91 Å². The molecule has 2 rings (SSSR count). The number of aryl methyl sites for hydroxylation is 1. The Morgan fingerprint density at radius 1 is 1.50 bits per heavy atom. The summed E-state index contributed by atoms with van der Waals surface area (Å²) in [5.74, 6) is 0.469. The molecule has 2 aromatic rings. The van der Waals surface area contributed by atoms with Gasteiger partial charge in [-0.05, 0) is 32.0 Å². The first-order valence-corrected chi connectivity index (χ1v) is 5.08. The number of hydrogen-bond donors (Lipinski definition) is 1. The Balaban J connectivity index is 2.38. The first-order chi connectivity index (χ1) is 7.59. The third kappa shape index (κ3) is 1.74. The molecule has 16 heavy (non-hydrogen) atoms. The topological polar surface area (TPSA) is 61.2 Å². The summed E-state index contributed by atoms with van der Waals surface area (Å²) in [5.41, 5.74) is 7.75. The lowest BCUT2D eigenvalue weighted by molar-refractivity contribution is 0.0999. The Kier molecular flexibility index (Phi) is 2.56. The highest BCUT2D eigenvalue weighted by atomic mass is 16.3. The van der Waals surface area contributed by atoms with Gasteiger partial charge in [0.15, 0.2) is 0 Å². The van der Waals surface area contributed by atoms with Crippen LogP contribution in [0.4, 0.5) is 0 Å². The van der Waals surface area contributed by atoms with E-state index in [1.807, 2.05) is 30.5 Å². The van der Waals surface area contributed by atoms with Crippen LogP contribution < -0.4 is 5.73 Å². The summed E-state index contributed by atoms with van der Waals surface area (Å²) in [6.07, 6.45) is 1.64. The first kappa shape index (κ1) is 10.5. The molecule has 84 valence electrons. The molecule has 1 amide bonds. The molecule has 2 aromatic heterocycles. The molecule has 0 spiro atoms. The van der Waals surface area contributed by atoms with Gasteiger partial charge in [-0.2, -0.15) is 0 Å². The monoisotopic (exact) mass is 218 g/mol. The number of primary amides is 1. The predicted octanol–water partition coefficient (Wildman–Crippen LogP) is 1.85. The summed E-state index contributed by atoms with van der Waals surface area (Å²) in [4.78, 5) is 11.2. The van der Waals surface area contributed by atoms with Gasteiger partial charge < -0.3 is 14.7 Å². The number of rotatable bonds is 3. The van der Waals surface area contributed by atoms with E-state index in [9.17, 15) is 4.79 Å². The van der Waals surface area contributed by atoms with Gasteiger partial charge in [0.25, 0.3) is 5.91 Å². The number of amides is 1. The minimum Gasteiger partial charge on any atom is -0.467 e. The van der Waals surface area contributed by atoms with Gasteiger partial charge in [0, 0.05) is 11.4 Å². The molecule has 0 saturated heterocycles. The number of nitrogens with zero attached hydrogens (tertiary/aromatic N) is 1. The predicted molar refractivity (Wildman–Crippen MR) is 60.2 cm³/mol. The van der Waals surface area contributed by atoms with Crippen LogP contribution in [-0.4, -0.2) is 10.5 Å². The molecule has 0 unspecified atom stereocenters. The molecular weight excluding hydrogens is 204 g/mol. The molecular formula is C12H14N2O2. The van der Waals surface area contributed by atoms with Gasteiger partial charge in [-0.25, -0.2) is 0 Å². The first-order valence-electron chi connectivity index (χ1n) is 5.08. The normalized spacial score (nSPS) is 10.6. The van der Waals surface area contributed by atoms with Crippen molar-refractivity contribution >= 4 is 5.91 Å². The van der Waals surface area contributed by atoms with Crippen LogP contribution in [0.2, 0.25) is 0 Å². The van der Waals surface area contributed by atoms with E-state index in [4.69, 9.17) is 10.2 Å². The van der Waals surface area contributed by atoms with E-state index >= 15 is 0 Å². The number of nitrogens with two attached hydrogens (primary N) is 1. The molecule has 0 saturated carbocycles. The number of carbonyl (C=O) groups is 1. The third-order valence-corrected chi connectivity index (χ3v) is 2.73. The highest BCUT2D eigenvalue weighted by molar-refractivity contribution is 5.94. The Morgan fingerprint density at radius 2 is 2.25 bits per heavy atom. The van der Waals surface area contributed by atoms with Crippen LogP contribution in [0.25, 0.3) is 0 Å². The van der Waals surface area contributed by atoms with E-state index in [0.29, 0.717) is 12.1 Å². The minimum absolute atomic E-state index is 0.390. The van der Waals surface area contributed by atoms with E-state index in [-0.39, 0.29) is 0 Å². The second-order valence-electron chi connectivity index (χ2n) is 3.81. The van der Waals surface area contributed by atoms with Crippen molar-refractivity contribution in [2.45, 2.75) is 20.4 Å². The standard InChI is InChI=1S/C12H14N2O2/c1-8-6-11(12(13)15)9(2)14(8)7-10-4-3-5-16-10/h3-6H,7H2,1-2H3,(H2,13,15). The molecule has 0 fully saturated rings. The van der Waals surface area contributed by atoms with Gasteiger partial charge in [0.1, 0.15) is 5.76 Å². The molecule has 4 nitrogen and oxygen atoms in total. The lowest BCUT2D eigenvalue weighted by Crippen LogP contribution is -2.12. The maximum Gasteiger partial charge on any atom is 0.250 e. The molecule has 2 heterocycles. The van der Waals surface area contributed by atoms with Crippen LogP contribution in [0.3, 0.4) is 0 Å². The average molecular weight is 218 g/mol. The molecule has 0 aliphatic rings. The number of hydrogen-bond acceptors (Lipinski definition) is 2. The molecule has 0 aromatic carbocycles. The van der Waals surface area contributed by atoms with Gasteiger partial charge in [0.2, 0.25) is 0 Å². The lowest BCUT2D eigenvalue weighted by Gasteiger charge is -2.07. The van der Waals surface area contributed by atoms with Gasteiger partial charge >= 0.3 is 0 Å². The maximum atomic E-state index is 11.2. The van der Waals surface area contributed by atoms with Gasteiger partial charge in [0.05, 0.1) is 18.4 Å². The van der Waals surface area contributed by atoms with Gasteiger partial charge in [-0.3, -0.25) is 4.79 Å². The summed E-state index contributed by atoms with van der Waals surface area (Å²) in [6.45, 7) is 4.45. The van der Waals surface area contributed by atoms with Crippen molar-refractivity contribution in [3.05, 3.63) is 47.2 Å². The summed E-state index contributed by atoms with van der Waals surface area (Å²) >= 11 is 0. The SMILES string of the molecule is Cc1cc(C(N)=O)c(C)n1Cc1ccco1. The third-order valence-electron chi connectivity index (χ3n) is 2.73. The Morgan fingerprint density at radius 3 is 2.75 bits per heavy atom. The molecule has 4 heteroatoms. The van der Waals surface area contributed by atoms with Gasteiger partial charge in [-0.15, -0.1) is 0 Å². The van der Waals surface area contributed by atoms with Crippen molar-refractivity contribution in [2.24, 2.45) is 5.73 Å². The Bertz CT molecular complexity index is 509. The number of furan rings is 1. The van der Waals surface area contributed by atoms with E-state index in [1.54, 1.807) is 12.3 Å². The zero-order valence-corrected chi connectivity index (χ0v) is 9.36. The zero-order valence-electron chi connectivity index (χ0n) is 9.36. The van der Waals surface area contributed by atoms with E-state index in [1.165, 1.54) is 0 Å². The van der Waals surface area contributed by atoms with Gasteiger partial charge in [-0.1, -0.05) is 0 Å². The quantitative estimate of drug-likeness (QED) is 0.854. The van der Waals surface area contributed by atoms with Crippen LogP contribution in [-0.2, 0) is 6.54 Å². The summed E-state index contributed by atoms with van der Waals surface area (Å²) in [7, 11) is 0. The van der Waals surface area contributed by atoms with Crippen molar-refractivity contribution in [2.75, 3.05) is 0 Å². The van der Waals surface area contributed by atoms with Crippen molar-refractivity contribution in [1.82, 2.24) is 4.57 Å².